The zero-order valence-corrected chi connectivity index (χ0v) is 19.8. The lowest BCUT2D eigenvalue weighted by molar-refractivity contribution is 0.145. The molecule has 0 aliphatic carbocycles. The minimum atomic E-state index is 0.493. The quantitative estimate of drug-likeness (QED) is 0.339. The number of fused-ring (bicyclic) bond motifs is 1. The normalized spacial score (nSPS) is 15.2. The molecule has 3 aromatic rings. The first-order valence-electron chi connectivity index (χ1n) is 11.7. The summed E-state index contributed by atoms with van der Waals surface area (Å²) in [4.78, 5) is 8.50. The molecule has 6 nitrogen and oxygen atoms in total. The number of aromatic amines is 1. The summed E-state index contributed by atoms with van der Waals surface area (Å²) in [6, 6.07) is 16.2. The highest BCUT2D eigenvalue weighted by Crippen LogP contribution is 2.33. The van der Waals surface area contributed by atoms with Crippen LogP contribution in [0.5, 0.6) is 0 Å². The molecule has 0 saturated carbocycles. The maximum atomic E-state index is 5.94. The summed E-state index contributed by atoms with van der Waals surface area (Å²) in [5.74, 6) is 0.493. The Balaban J connectivity index is 1.51. The van der Waals surface area contributed by atoms with Crippen molar-refractivity contribution in [1.29, 1.82) is 0 Å². The van der Waals surface area contributed by atoms with Crippen LogP contribution in [0.2, 0.25) is 0 Å². The summed E-state index contributed by atoms with van der Waals surface area (Å²) in [5, 5.41) is 14.7. The molecule has 0 amide bonds. The van der Waals surface area contributed by atoms with Crippen molar-refractivity contribution in [1.82, 2.24) is 15.1 Å². The van der Waals surface area contributed by atoms with Gasteiger partial charge in [0.2, 0.25) is 5.11 Å². The number of para-hydroxylation sites is 1. The molecule has 0 atom stereocenters. The number of hydrogen-bond donors (Lipinski definition) is 2. The molecule has 0 spiro atoms. The topological polar surface area (TPSA) is 56.4 Å². The molecule has 2 N–H and O–H groups in total. The fourth-order valence-corrected chi connectivity index (χ4v) is 4.62. The van der Waals surface area contributed by atoms with Gasteiger partial charge in [-0.2, -0.15) is 10.2 Å². The Morgan fingerprint density at radius 1 is 1.16 bits per heavy atom. The Morgan fingerprint density at radius 2 is 1.94 bits per heavy atom. The lowest BCUT2D eigenvalue weighted by Gasteiger charge is -2.31. The fourth-order valence-electron chi connectivity index (χ4n) is 4.34. The van der Waals surface area contributed by atoms with Crippen molar-refractivity contribution in [3.8, 4) is 0 Å². The summed E-state index contributed by atoms with van der Waals surface area (Å²) in [6.45, 7) is 8.42. The van der Waals surface area contributed by atoms with Crippen LogP contribution in [0, 0.1) is 0 Å². The molecule has 1 aliphatic rings. The van der Waals surface area contributed by atoms with E-state index in [0.29, 0.717) is 17.6 Å². The van der Waals surface area contributed by atoms with Gasteiger partial charge in [0.1, 0.15) is 0 Å². The van der Waals surface area contributed by atoms with Gasteiger partial charge in [0.15, 0.2) is 0 Å². The van der Waals surface area contributed by atoms with E-state index in [-0.39, 0.29) is 0 Å². The van der Waals surface area contributed by atoms with E-state index in [1.165, 1.54) is 24.0 Å². The van der Waals surface area contributed by atoms with Crippen LogP contribution in [0.4, 0.5) is 11.4 Å². The number of H-pyrrole nitrogens is 1. The second kappa shape index (κ2) is 10.9. The lowest BCUT2D eigenvalue weighted by Crippen LogP contribution is -2.35. The van der Waals surface area contributed by atoms with Crippen molar-refractivity contribution < 1.29 is 4.84 Å². The van der Waals surface area contributed by atoms with Gasteiger partial charge in [-0.05, 0) is 87.9 Å². The van der Waals surface area contributed by atoms with Crippen LogP contribution < -0.4 is 10.4 Å². The molecule has 1 saturated heterocycles. The Morgan fingerprint density at radius 3 is 2.66 bits per heavy atom. The van der Waals surface area contributed by atoms with E-state index in [1.807, 2.05) is 36.4 Å². The van der Waals surface area contributed by atoms with Gasteiger partial charge in [-0.25, -0.2) is 0 Å². The van der Waals surface area contributed by atoms with Crippen molar-refractivity contribution in [3.05, 3.63) is 54.2 Å². The van der Waals surface area contributed by atoms with Crippen molar-refractivity contribution in [2.75, 3.05) is 36.6 Å². The molecule has 1 fully saturated rings. The van der Waals surface area contributed by atoms with Crippen molar-refractivity contribution >= 4 is 39.6 Å². The van der Waals surface area contributed by atoms with E-state index in [2.05, 4.69) is 41.3 Å². The van der Waals surface area contributed by atoms with Gasteiger partial charge in [-0.15, -0.1) is 0 Å². The third-order valence-corrected chi connectivity index (χ3v) is 6.23. The summed E-state index contributed by atoms with van der Waals surface area (Å²) in [6.07, 6.45) is 4.44. The van der Waals surface area contributed by atoms with E-state index < -0.39 is 0 Å². The SMILES string of the molecule is CCCON(C(=S)Nc1ccc2[nH]nc(C3CCN(CCC)CC3)c2c1)c1ccccc1. The van der Waals surface area contributed by atoms with Crippen LogP contribution in [0.15, 0.2) is 48.5 Å². The summed E-state index contributed by atoms with van der Waals surface area (Å²) < 4.78 is 0. The zero-order chi connectivity index (χ0) is 22.3. The van der Waals surface area contributed by atoms with Gasteiger partial charge in [-0.1, -0.05) is 32.0 Å². The highest BCUT2D eigenvalue weighted by atomic mass is 32.1. The Kier molecular flexibility index (Phi) is 7.73. The minimum absolute atomic E-state index is 0.493. The first kappa shape index (κ1) is 22.7. The van der Waals surface area contributed by atoms with Gasteiger partial charge in [-0.3, -0.25) is 9.94 Å². The largest absolute Gasteiger partial charge is 0.331 e. The van der Waals surface area contributed by atoms with Gasteiger partial charge >= 0.3 is 0 Å². The maximum Gasteiger partial charge on any atom is 0.202 e. The second-order valence-corrected chi connectivity index (χ2v) is 8.77. The van der Waals surface area contributed by atoms with Crippen molar-refractivity contribution in [2.24, 2.45) is 0 Å². The Labute approximate surface area is 195 Å². The Hall–Kier alpha value is -2.48. The van der Waals surface area contributed by atoms with Crippen LogP contribution in [0.1, 0.15) is 51.1 Å². The van der Waals surface area contributed by atoms with E-state index in [1.54, 1.807) is 5.06 Å². The third-order valence-electron chi connectivity index (χ3n) is 5.96. The molecular formula is C25H33N5OS. The number of benzene rings is 2. The van der Waals surface area contributed by atoms with Gasteiger partial charge in [0.25, 0.3) is 0 Å². The summed E-state index contributed by atoms with van der Waals surface area (Å²) in [5.41, 5.74) is 4.08. The predicted molar refractivity (Wildman–Crippen MR) is 136 cm³/mol. The first-order chi connectivity index (χ1) is 15.7. The number of hydroxylamine groups is 1. The smallest absolute Gasteiger partial charge is 0.202 e. The van der Waals surface area contributed by atoms with Crippen LogP contribution in [0.25, 0.3) is 10.9 Å². The first-order valence-corrected chi connectivity index (χ1v) is 12.1. The molecule has 2 aromatic carbocycles. The van der Waals surface area contributed by atoms with E-state index in [9.17, 15) is 0 Å². The number of hydrogen-bond acceptors (Lipinski definition) is 4. The summed E-state index contributed by atoms with van der Waals surface area (Å²) in [7, 11) is 0. The van der Waals surface area contributed by atoms with Crippen molar-refractivity contribution in [3.63, 3.8) is 0 Å². The zero-order valence-electron chi connectivity index (χ0n) is 19.0. The number of rotatable bonds is 8. The monoisotopic (exact) mass is 451 g/mol. The number of piperidine rings is 1. The standard InChI is InChI=1S/C25H33N5OS/c1-3-14-29-15-12-19(13-16-29)24-22-18-20(10-11-23(22)27-28-24)26-25(32)30(31-17-4-2)21-8-6-5-7-9-21/h5-11,18-19H,3-4,12-17H2,1-2H3,(H,26,32)(H,27,28). The molecule has 1 aliphatic heterocycles. The van der Waals surface area contributed by atoms with E-state index in [4.69, 9.17) is 22.2 Å². The average molecular weight is 452 g/mol. The molecule has 1 aromatic heterocycles. The van der Waals surface area contributed by atoms with E-state index >= 15 is 0 Å². The highest BCUT2D eigenvalue weighted by Gasteiger charge is 2.24. The second-order valence-electron chi connectivity index (χ2n) is 8.38. The molecular weight excluding hydrogens is 418 g/mol. The number of aromatic nitrogens is 2. The van der Waals surface area contributed by atoms with Crippen molar-refractivity contribution in [2.45, 2.75) is 45.4 Å². The van der Waals surface area contributed by atoms with E-state index in [0.717, 1.165) is 49.2 Å². The number of likely N-dealkylation sites (tertiary alicyclic amines) is 1. The molecule has 0 bridgehead atoms. The molecule has 0 radical (unpaired) electrons. The molecule has 4 rings (SSSR count). The highest BCUT2D eigenvalue weighted by molar-refractivity contribution is 7.80. The number of anilines is 2. The molecule has 170 valence electrons. The number of nitrogens with one attached hydrogen (secondary N) is 2. The van der Waals surface area contributed by atoms with Crippen LogP contribution in [0.3, 0.4) is 0 Å². The third kappa shape index (κ3) is 5.28. The Bertz CT molecular complexity index is 1010. The van der Waals surface area contributed by atoms with Crippen LogP contribution in [-0.4, -0.2) is 46.5 Å². The molecule has 2 heterocycles. The predicted octanol–water partition coefficient (Wildman–Crippen LogP) is 5.70. The molecule has 32 heavy (non-hydrogen) atoms. The minimum Gasteiger partial charge on any atom is -0.331 e. The fraction of sp³-hybridized carbons (Fsp3) is 0.440. The summed E-state index contributed by atoms with van der Waals surface area (Å²) >= 11 is 5.71. The van der Waals surface area contributed by atoms with Crippen LogP contribution in [-0.2, 0) is 4.84 Å². The maximum absolute atomic E-state index is 5.94. The van der Waals surface area contributed by atoms with Gasteiger partial charge in [0, 0.05) is 17.0 Å². The molecule has 0 unspecified atom stereocenters. The lowest BCUT2D eigenvalue weighted by atomic mass is 9.91. The number of nitrogens with zero attached hydrogens (tertiary/aromatic N) is 3. The average Bonchev–Trinajstić information content (AvgIpc) is 3.24. The molecule has 7 heteroatoms. The van der Waals surface area contributed by atoms with Crippen LogP contribution >= 0.6 is 12.2 Å². The van der Waals surface area contributed by atoms with Gasteiger partial charge in [0.05, 0.1) is 23.5 Å². The number of thiocarbonyl (C=S) groups is 1. The van der Waals surface area contributed by atoms with Gasteiger partial charge < -0.3 is 10.2 Å².